The van der Waals surface area contributed by atoms with Gasteiger partial charge in [-0.15, -0.1) is 0 Å². The third-order valence-corrected chi connectivity index (χ3v) is 4.77. The minimum absolute atomic E-state index is 0.00849. The SMILES string of the molecule is CCCC(NC(=O)c1ccc(OCc2c(C)noc2C)cc1)c1ccccc1. The second-order valence-corrected chi connectivity index (χ2v) is 6.84. The van der Waals surface area contributed by atoms with Crippen LogP contribution in [0.4, 0.5) is 0 Å². The zero-order chi connectivity index (χ0) is 19.9. The van der Waals surface area contributed by atoms with Gasteiger partial charge in [-0.2, -0.15) is 0 Å². The van der Waals surface area contributed by atoms with E-state index in [1.54, 1.807) is 12.1 Å². The number of benzene rings is 2. The lowest BCUT2D eigenvalue weighted by atomic mass is 10.0. The van der Waals surface area contributed by atoms with E-state index in [9.17, 15) is 4.79 Å². The second-order valence-electron chi connectivity index (χ2n) is 6.84. The molecule has 0 aliphatic heterocycles. The predicted molar refractivity (Wildman–Crippen MR) is 108 cm³/mol. The van der Waals surface area contributed by atoms with Crippen LogP contribution in [0.15, 0.2) is 59.1 Å². The molecule has 5 heteroatoms. The molecule has 3 aromatic rings. The number of amides is 1. The quantitative estimate of drug-likeness (QED) is 0.589. The van der Waals surface area contributed by atoms with Crippen LogP contribution in [0.25, 0.3) is 0 Å². The molecule has 1 heterocycles. The van der Waals surface area contributed by atoms with E-state index >= 15 is 0 Å². The standard InChI is InChI=1S/C23H26N2O3/c1-4-8-22(18-9-6-5-7-10-18)24-23(26)19-11-13-20(14-12-19)27-15-21-16(2)25-28-17(21)3/h5-7,9-14,22H,4,8,15H2,1-3H3,(H,24,26). The Bertz CT molecular complexity index is 882. The average molecular weight is 378 g/mol. The number of ether oxygens (including phenoxy) is 1. The zero-order valence-electron chi connectivity index (χ0n) is 16.6. The highest BCUT2D eigenvalue weighted by Gasteiger charge is 2.15. The Balaban J connectivity index is 1.62. The molecule has 0 bridgehead atoms. The number of aryl methyl sites for hydroxylation is 2. The average Bonchev–Trinajstić information content (AvgIpc) is 3.04. The van der Waals surface area contributed by atoms with Gasteiger partial charge < -0.3 is 14.6 Å². The summed E-state index contributed by atoms with van der Waals surface area (Å²) < 4.78 is 10.9. The van der Waals surface area contributed by atoms with Gasteiger partial charge in [0.15, 0.2) is 0 Å². The van der Waals surface area contributed by atoms with Crippen LogP contribution in [0.3, 0.4) is 0 Å². The summed E-state index contributed by atoms with van der Waals surface area (Å²) in [7, 11) is 0. The lowest BCUT2D eigenvalue weighted by molar-refractivity contribution is 0.0934. The molecular formula is C23H26N2O3. The largest absolute Gasteiger partial charge is 0.489 e. The third kappa shape index (κ3) is 4.80. The van der Waals surface area contributed by atoms with Gasteiger partial charge in [-0.05, 0) is 50.1 Å². The Morgan fingerprint density at radius 2 is 1.82 bits per heavy atom. The molecule has 0 radical (unpaired) electrons. The molecule has 1 atom stereocenters. The fraction of sp³-hybridized carbons (Fsp3) is 0.304. The number of hydrogen-bond donors (Lipinski definition) is 1. The fourth-order valence-electron chi connectivity index (χ4n) is 3.10. The highest BCUT2D eigenvalue weighted by molar-refractivity contribution is 5.94. The summed E-state index contributed by atoms with van der Waals surface area (Å²) in [6.45, 7) is 6.26. The molecule has 0 saturated heterocycles. The molecular weight excluding hydrogens is 352 g/mol. The molecule has 0 aliphatic rings. The first-order valence-electron chi connectivity index (χ1n) is 9.59. The smallest absolute Gasteiger partial charge is 0.251 e. The zero-order valence-corrected chi connectivity index (χ0v) is 16.6. The molecule has 0 fully saturated rings. The Hall–Kier alpha value is -3.08. The van der Waals surface area contributed by atoms with Crippen molar-refractivity contribution in [2.45, 2.75) is 46.3 Å². The maximum Gasteiger partial charge on any atom is 0.251 e. The van der Waals surface area contributed by atoms with Gasteiger partial charge >= 0.3 is 0 Å². The van der Waals surface area contributed by atoms with Crippen LogP contribution in [0.2, 0.25) is 0 Å². The van der Waals surface area contributed by atoms with Gasteiger partial charge in [0.1, 0.15) is 18.1 Å². The van der Waals surface area contributed by atoms with E-state index in [-0.39, 0.29) is 11.9 Å². The van der Waals surface area contributed by atoms with Crippen molar-refractivity contribution < 1.29 is 14.1 Å². The van der Waals surface area contributed by atoms with E-state index in [1.165, 1.54) is 0 Å². The van der Waals surface area contributed by atoms with Crippen LogP contribution in [-0.2, 0) is 6.61 Å². The van der Waals surface area contributed by atoms with Crippen molar-refractivity contribution >= 4 is 5.91 Å². The van der Waals surface area contributed by atoms with Gasteiger partial charge in [0.05, 0.1) is 17.3 Å². The van der Waals surface area contributed by atoms with Crippen molar-refractivity contribution in [3.63, 3.8) is 0 Å². The van der Waals surface area contributed by atoms with Crippen LogP contribution in [0.5, 0.6) is 5.75 Å². The molecule has 1 amide bonds. The molecule has 1 N–H and O–H groups in total. The lowest BCUT2D eigenvalue weighted by Crippen LogP contribution is -2.28. The van der Waals surface area contributed by atoms with Crippen LogP contribution >= 0.6 is 0 Å². The predicted octanol–water partition coefficient (Wildman–Crippen LogP) is 5.14. The maximum atomic E-state index is 12.7. The topological polar surface area (TPSA) is 64.4 Å². The first-order valence-corrected chi connectivity index (χ1v) is 9.59. The number of carbonyl (C=O) groups is 1. The van der Waals surface area contributed by atoms with Gasteiger partial charge in [-0.3, -0.25) is 4.79 Å². The number of hydrogen-bond acceptors (Lipinski definition) is 4. The van der Waals surface area contributed by atoms with Gasteiger partial charge in [-0.1, -0.05) is 48.8 Å². The number of nitrogens with zero attached hydrogens (tertiary/aromatic N) is 1. The van der Waals surface area contributed by atoms with Crippen molar-refractivity contribution in [1.82, 2.24) is 10.5 Å². The number of nitrogens with one attached hydrogen (secondary N) is 1. The van der Waals surface area contributed by atoms with Crippen molar-refractivity contribution in [2.75, 3.05) is 0 Å². The third-order valence-electron chi connectivity index (χ3n) is 4.77. The summed E-state index contributed by atoms with van der Waals surface area (Å²) in [4.78, 5) is 12.7. The van der Waals surface area contributed by atoms with Crippen molar-refractivity contribution in [3.8, 4) is 5.75 Å². The van der Waals surface area contributed by atoms with Gasteiger partial charge in [0.25, 0.3) is 5.91 Å². The molecule has 2 aromatic carbocycles. The second kappa shape index (κ2) is 9.22. The fourth-order valence-corrected chi connectivity index (χ4v) is 3.10. The van der Waals surface area contributed by atoms with E-state index in [0.717, 1.165) is 35.4 Å². The molecule has 5 nitrogen and oxygen atoms in total. The van der Waals surface area contributed by atoms with E-state index in [4.69, 9.17) is 9.26 Å². The highest BCUT2D eigenvalue weighted by atomic mass is 16.5. The highest BCUT2D eigenvalue weighted by Crippen LogP contribution is 2.21. The normalized spacial score (nSPS) is 11.8. The summed E-state index contributed by atoms with van der Waals surface area (Å²) in [5.74, 6) is 1.38. The number of carbonyl (C=O) groups excluding carboxylic acids is 1. The van der Waals surface area contributed by atoms with Crippen LogP contribution in [-0.4, -0.2) is 11.1 Å². The minimum atomic E-state index is -0.0837. The lowest BCUT2D eigenvalue weighted by Gasteiger charge is -2.18. The Morgan fingerprint density at radius 3 is 2.43 bits per heavy atom. The summed E-state index contributed by atoms with van der Waals surface area (Å²) in [5, 5.41) is 7.06. The van der Waals surface area contributed by atoms with E-state index in [1.807, 2.05) is 56.3 Å². The van der Waals surface area contributed by atoms with Crippen LogP contribution < -0.4 is 10.1 Å². The molecule has 1 unspecified atom stereocenters. The van der Waals surface area contributed by atoms with Crippen LogP contribution in [0, 0.1) is 13.8 Å². The van der Waals surface area contributed by atoms with E-state index in [2.05, 4.69) is 17.4 Å². The van der Waals surface area contributed by atoms with Crippen molar-refractivity contribution in [1.29, 1.82) is 0 Å². The van der Waals surface area contributed by atoms with Gasteiger partial charge in [0, 0.05) is 5.56 Å². The summed E-state index contributed by atoms with van der Waals surface area (Å²) in [5.41, 5.74) is 3.52. The number of rotatable bonds is 8. The van der Waals surface area contributed by atoms with Crippen molar-refractivity contribution in [2.24, 2.45) is 0 Å². The first-order chi connectivity index (χ1) is 13.6. The summed E-state index contributed by atoms with van der Waals surface area (Å²) >= 11 is 0. The molecule has 0 saturated carbocycles. The first kappa shape index (κ1) is 19.7. The molecule has 0 aliphatic carbocycles. The number of aromatic nitrogens is 1. The maximum absolute atomic E-state index is 12.7. The molecule has 146 valence electrons. The minimum Gasteiger partial charge on any atom is -0.489 e. The molecule has 3 rings (SSSR count). The Labute approximate surface area is 165 Å². The summed E-state index contributed by atoms with van der Waals surface area (Å²) in [6, 6.07) is 17.3. The monoisotopic (exact) mass is 378 g/mol. The van der Waals surface area contributed by atoms with Crippen molar-refractivity contribution in [3.05, 3.63) is 82.7 Å². The van der Waals surface area contributed by atoms with E-state index in [0.29, 0.717) is 17.9 Å². The Morgan fingerprint density at radius 1 is 1.11 bits per heavy atom. The van der Waals surface area contributed by atoms with Crippen LogP contribution in [0.1, 0.15) is 58.7 Å². The van der Waals surface area contributed by atoms with E-state index < -0.39 is 0 Å². The molecule has 0 spiro atoms. The Kier molecular flexibility index (Phi) is 6.48. The van der Waals surface area contributed by atoms with Gasteiger partial charge in [-0.25, -0.2) is 0 Å². The molecule has 28 heavy (non-hydrogen) atoms. The molecule has 1 aromatic heterocycles. The summed E-state index contributed by atoms with van der Waals surface area (Å²) in [6.07, 6.45) is 1.89. The van der Waals surface area contributed by atoms with Gasteiger partial charge in [0.2, 0.25) is 0 Å².